The molecule has 1 unspecified atom stereocenters. The normalized spacial score (nSPS) is 17.0. The summed E-state index contributed by atoms with van der Waals surface area (Å²) in [5.41, 5.74) is 2.75. The second-order valence-electron chi connectivity index (χ2n) is 7.33. The molecule has 0 spiro atoms. The maximum absolute atomic E-state index is 12.7. The van der Waals surface area contributed by atoms with Crippen molar-refractivity contribution < 1.29 is 4.79 Å². The zero-order valence-electron chi connectivity index (χ0n) is 15.6. The lowest BCUT2D eigenvalue weighted by Gasteiger charge is -2.20. The third-order valence-electron chi connectivity index (χ3n) is 5.45. The number of nitrogens with one attached hydrogen (secondary N) is 1. The van der Waals surface area contributed by atoms with Gasteiger partial charge in [0.15, 0.2) is 0 Å². The molecular formula is C20H25N5O2. The summed E-state index contributed by atoms with van der Waals surface area (Å²) in [6.07, 6.45) is 6.93. The van der Waals surface area contributed by atoms with E-state index in [2.05, 4.69) is 20.3 Å². The van der Waals surface area contributed by atoms with Gasteiger partial charge in [-0.2, -0.15) is 5.10 Å². The number of amides is 1. The molecule has 0 saturated carbocycles. The van der Waals surface area contributed by atoms with Gasteiger partial charge in [-0.25, -0.2) is 9.67 Å². The molecule has 0 bridgehead atoms. The number of carbonyl (C=O) groups is 1. The van der Waals surface area contributed by atoms with Crippen molar-refractivity contribution in [1.82, 2.24) is 20.1 Å². The Morgan fingerprint density at radius 2 is 2.07 bits per heavy atom. The number of pyridine rings is 1. The Labute approximate surface area is 158 Å². The van der Waals surface area contributed by atoms with Crippen LogP contribution in [-0.4, -0.2) is 33.8 Å². The van der Waals surface area contributed by atoms with Gasteiger partial charge in [-0.3, -0.25) is 9.59 Å². The van der Waals surface area contributed by atoms with Crippen molar-refractivity contribution >= 4 is 11.7 Å². The number of anilines is 1. The molecule has 7 nitrogen and oxygen atoms in total. The average molecular weight is 367 g/mol. The minimum absolute atomic E-state index is 0.209. The van der Waals surface area contributed by atoms with Gasteiger partial charge in [0, 0.05) is 37.5 Å². The van der Waals surface area contributed by atoms with E-state index in [0.717, 1.165) is 55.0 Å². The summed E-state index contributed by atoms with van der Waals surface area (Å²) in [7, 11) is 0. The molecule has 1 aliphatic carbocycles. The van der Waals surface area contributed by atoms with E-state index in [1.807, 2.05) is 12.1 Å². The molecule has 0 radical (unpaired) electrons. The molecule has 1 fully saturated rings. The van der Waals surface area contributed by atoms with Crippen molar-refractivity contribution in [3.05, 3.63) is 51.6 Å². The Morgan fingerprint density at radius 3 is 2.89 bits per heavy atom. The molecule has 2 aromatic heterocycles. The van der Waals surface area contributed by atoms with Crippen LogP contribution in [0.1, 0.15) is 49.0 Å². The number of aryl methyl sites for hydroxylation is 2. The first kappa shape index (κ1) is 17.7. The van der Waals surface area contributed by atoms with Crippen molar-refractivity contribution in [3.63, 3.8) is 0 Å². The number of carbonyl (C=O) groups excluding carboxylic acids is 1. The second-order valence-corrected chi connectivity index (χ2v) is 7.33. The number of rotatable bonds is 5. The Balaban J connectivity index is 1.47. The van der Waals surface area contributed by atoms with Crippen LogP contribution in [0, 0.1) is 0 Å². The van der Waals surface area contributed by atoms with E-state index in [0.29, 0.717) is 6.54 Å². The number of aromatic nitrogens is 3. The predicted octanol–water partition coefficient (Wildman–Crippen LogP) is 1.60. The van der Waals surface area contributed by atoms with E-state index in [4.69, 9.17) is 0 Å². The Bertz CT molecular complexity index is 901. The fourth-order valence-electron chi connectivity index (χ4n) is 3.92. The third-order valence-corrected chi connectivity index (χ3v) is 5.45. The van der Waals surface area contributed by atoms with Gasteiger partial charge in [0.1, 0.15) is 11.9 Å². The van der Waals surface area contributed by atoms with Crippen molar-refractivity contribution in [2.45, 2.75) is 51.6 Å². The van der Waals surface area contributed by atoms with Gasteiger partial charge in [0.2, 0.25) is 5.91 Å². The van der Waals surface area contributed by atoms with Crippen LogP contribution >= 0.6 is 0 Å². The summed E-state index contributed by atoms with van der Waals surface area (Å²) < 4.78 is 1.31. The third kappa shape index (κ3) is 3.59. The first-order chi connectivity index (χ1) is 13.1. The lowest BCUT2D eigenvalue weighted by Crippen LogP contribution is -2.37. The molecule has 2 aliphatic rings. The van der Waals surface area contributed by atoms with E-state index in [1.54, 1.807) is 19.2 Å². The zero-order valence-corrected chi connectivity index (χ0v) is 15.6. The van der Waals surface area contributed by atoms with Crippen LogP contribution in [0.25, 0.3) is 0 Å². The highest BCUT2D eigenvalue weighted by Crippen LogP contribution is 2.22. The smallest absolute Gasteiger partial charge is 0.267 e. The van der Waals surface area contributed by atoms with Crippen LogP contribution in [-0.2, 0) is 24.2 Å². The van der Waals surface area contributed by atoms with Gasteiger partial charge in [-0.1, -0.05) is 6.07 Å². The lowest BCUT2D eigenvalue weighted by atomic mass is 10.2. The molecule has 4 rings (SSSR count). The van der Waals surface area contributed by atoms with Gasteiger partial charge in [0.05, 0.1) is 5.69 Å². The van der Waals surface area contributed by atoms with Gasteiger partial charge in [-0.05, 0) is 50.7 Å². The van der Waals surface area contributed by atoms with Gasteiger partial charge in [0.25, 0.3) is 5.56 Å². The van der Waals surface area contributed by atoms with Crippen LogP contribution in [0.2, 0.25) is 0 Å². The zero-order chi connectivity index (χ0) is 18.8. The number of hydrogen-bond acceptors (Lipinski definition) is 5. The minimum atomic E-state index is -0.643. The molecule has 1 N–H and O–H groups in total. The summed E-state index contributed by atoms with van der Waals surface area (Å²) in [5.74, 6) is 0.731. The monoisotopic (exact) mass is 367 g/mol. The largest absolute Gasteiger partial charge is 0.356 e. The summed E-state index contributed by atoms with van der Waals surface area (Å²) in [6, 6.07) is 4.86. The number of nitrogens with zero attached hydrogens (tertiary/aromatic N) is 4. The molecule has 142 valence electrons. The van der Waals surface area contributed by atoms with Crippen LogP contribution in [0.15, 0.2) is 29.2 Å². The van der Waals surface area contributed by atoms with Crippen LogP contribution in [0.5, 0.6) is 0 Å². The van der Waals surface area contributed by atoms with Gasteiger partial charge in [-0.15, -0.1) is 0 Å². The summed E-state index contributed by atoms with van der Waals surface area (Å²) in [6.45, 7) is 4.11. The molecule has 3 heterocycles. The van der Waals surface area contributed by atoms with Crippen LogP contribution in [0.3, 0.4) is 0 Å². The molecule has 1 saturated heterocycles. The predicted molar refractivity (Wildman–Crippen MR) is 103 cm³/mol. The maximum Gasteiger partial charge on any atom is 0.267 e. The SMILES string of the molecule is CC(C(=O)NCc1cccnc1N1CCCC1)n1nc2c(cc1=O)CCC2. The van der Waals surface area contributed by atoms with E-state index in [1.165, 1.54) is 17.5 Å². The first-order valence-electron chi connectivity index (χ1n) is 9.71. The average Bonchev–Trinajstić information content (AvgIpc) is 3.36. The maximum atomic E-state index is 12.7. The summed E-state index contributed by atoms with van der Waals surface area (Å²) >= 11 is 0. The number of fused-ring (bicyclic) bond motifs is 1. The molecular weight excluding hydrogens is 342 g/mol. The standard InChI is InChI=1S/C20H25N5O2/c1-14(25-18(26)12-15-6-4-8-17(15)23-25)20(27)22-13-16-7-5-9-21-19(16)24-10-2-3-11-24/h5,7,9,12,14H,2-4,6,8,10-11,13H2,1H3,(H,22,27). The molecule has 27 heavy (non-hydrogen) atoms. The molecule has 1 aliphatic heterocycles. The Kier molecular flexibility index (Phi) is 4.92. The highest BCUT2D eigenvalue weighted by molar-refractivity contribution is 5.79. The van der Waals surface area contributed by atoms with Crippen molar-refractivity contribution in [2.24, 2.45) is 0 Å². The van der Waals surface area contributed by atoms with E-state index in [9.17, 15) is 9.59 Å². The molecule has 2 aromatic rings. The molecule has 1 amide bonds. The van der Waals surface area contributed by atoms with E-state index >= 15 is 0 Å². The fourth-order valence-corrected chi connectivity index (χ4v) is 3.92. The summed E-state index contributed by atoms with van der Waals surface area (Å²) in [4.78, 5) is 31.8. The van der Waals surface area contributed by atoms with Crippen LogP contribution in [0.4, 0.5) is 5.82 Å². The fraction of sp³-hybridized carbons (Fsp3) is 0.500. The topological polar surface area (TPSA) is 80.1 Å². The van der Waals surface area contributed by atoms with E-state index < -0.39 is 6.04 Å². The highest BCUT2D eigenvalue weighted by Gasteiger charge is 2.22. The first-order valence-corrected chi connectivity index (χ1v) is 9.71. The number of hydrogen-bond donors (Lipinski definition) is 1. The van der Waals surface area contributed by atoms with Crippen molar-refractivity contribution in [1.29, 1.82) is 0 Å². The quantitative estimate of drug-likeness (QED) is 0.868. The van der Waals surface area contributed by atoms with Crippen molar-refractivity contribution in [3.8, 4) is 0 Å². The molecule has 7 heteroatoms. The minimum Gasteiger partial charge on any atom is -0.356 e. The van der Waals surface area contributed by atoms with E-state index in [-0.39, 0.29) is 11.5 Å². The van der Waals surface area contributed by atoms with Gasteiger partial charge >= 0.3 is 0 Å². The second kappa shape index (κ2) is 7.50. The van der Waals surface area contributed by atoms with Crippen molar-refractivity contribution in [2.75, 3.05) is 18.0 Å². The van der Waals surface area contributed by atoms with Crippen LogP contribution < -0.4 is 15.8 Å². The Hall–Kier alpha value is -2.70. The molecule has 1 atom stereocenters. The highest BCUT2D eigenvalue weighted by atomic mass is 16.2. The summed E-state index contributed by atoms with van der Waals surface area (Å²) in [5, 5.41) is 7.38. The Morgan fingerprint density at radius 1 is 1.26 bits per heavy atom. The molecule has 0 aromatic carbocycles. The van der Waals surface area contributed by atoms with Gasteiger partial charge < -0.3 is 10.2 Å². The lowest BCUT2D eigenvalue weighted by molar-refractivity contribution is -0.124.